The number of hydrogen-bond acceptors (Lipinski definition) is 1. The van der Waals surface area contributed by atoms with Crippen LogP contribution in [0.3, 0.4) is 0 Å². The van der Waals surface area contributed by atoms with Crippen LogP contribution >= 0.6 is 0 Å². The number of benzene rings is 3. The average molecular weight is 288 g/mol. The molecule has 0 aliphatic rings. The summed E-state index contributed by atoms with van der Waals surface area (Å²) in [7, 11) is 0. The molecule has 0 saturated carbocycles. The summed E-state index contributed by atoms with van der Waals surface area (Å²) in [5, 5.41) is 9.32. The zero-order chi connectivity index (χ0) is 15.5. The molecule has 2 nitrogen and oxygen atoms in total. The molecule has 0 radical (unpaired) electrons. The number of carbonyl (C=O) groups is 1. The van der Waals surface area contributed by atoms with Crippen LogP contribution in [0.2, 0.25) is 0 Å². The fourth-order valence-corrected chi connectivity index (χ4v) is 2.62. The molecule has 0 unspecified atom stereocenters. The third-order valence-corrected chi connectivity index (χ3v) is 3.79. The molecule has 0 saturated heterocycles. The maximum Gasteiger partial charge on any atom is 0.335 e. The molecule has 22 heavy (non-hydrogen) atoms. The molecule has 0 aliphatic heterocycles. The van der Waals surface area contributed by atoms with Crippen molar-refractivity contribution in [2.45, 2.75) is 6.92 Å². The second kappa shape index (κ2) is 5.86. The fourth-order valence-electron chi connectivity index (χ4n) is 2.62. The molecule has 0 aromatic heterocycles. The third-order valence-electron chi connectivity index (χ3n) is 3.79. The van der Waals surface area contributed by atoms with Crippen LogP contribution in [0, 0.1) is 6.92 Å². The number of carboxylic acid groups (broad SMARTS) is 1. The normalized spacial score (nSPS) is 10.4. The van der Waals surface area contributed by atoms with Gasteiger partial charge in [-0.05, 0) is 40.8 Å². The molecule has 2 heteroatoms. The van der Waals surface area contributed by atoms with Gasteiger partial charge in [0.2, 0.25) is 0 Å². The summed E-state index contributed by atoms with van der Waals surface area (Å²) in [6.07, 6.45) is 0. The monoisotopic (exact) mass is 288 g/mol. The Hall–Kier alpha value is -2.87. The lowest BCUT2D eigenvalue weighted by atomic mass is 9.93. The van der Waals surface area contributed by atoms with Crippen LogP contribution in [0.5, 0.6) is 0 Å². The number of rotatable bonds is 3. The predicted molar refractivity (Wildman–Crippen MR) is 89.0 cm³/mol. The Morgan fingerprint density at radius 3 is 2.00 bits per heavy atom. The van der Waals surface area contributed by atoms with Crippen molar-refractivity contribution in [3.05, 3.63) is 83.9 Å². The average Bonchev–Trinajstić information content (AvgIpc) is 2.56. The minimum Gasteiger partial charge on any atom is -0.478 e. The molecule has 1 N–H and O–H groups in total. The van der Waals surface area contributed by atoms with E-state index in [2.05, 4.69) is 18.2 Å². The highest BCUT2D eigenvalue weighted by Crippen LogP contribution is 2.32. The zero-order valence-electron chi connectivity index (χ0n) is 12.3. The topological polar surface area (TPSA) is 37.3 Å². The Bertz CT molecular complexity index is 820. The summed E-state index contributed by atoms with van der Waals surface area (Å²) in [6, 6.07) is 23.8. The number of carboxylic acids is 1. The lowest BCUT2D eigenvalue weighted by Gasteiger charge is -2.11. The van der Waals surface area contributed by atoms with Gasteiger partial charge in [0.15, 0.2) is 0 Å². The standard InChI is InChI=1S/C20H16O2/c1-14-11-12-16(13-19(14)20(21)22)18-10-6-5-9-17(18)15-7-3-2-4-8-15/h2-13H,1H3,(H,21,22). The van der Waals surface area contributed by atoms with Gasteiger partial charge in [-0.25, -0.2) is 4.79 Å². The van der Waals surface area contributed by atoms with E-state index in [0.717, 1.165) is 27.8 Å². The van der Waals surface area contributed by atoms with E-state index < -0.39 is 5.97 Å². The van der Waals surface area contributed by atoms with E-state index in [4.69, 9.17) is 0 Å². The van der Waals surface area contributed by atoms with Gasteiger partial charge in [0, 0.05) is 0 Å². The van der Waals surface area contributed by atoms with Gasteiger partial charge in [-0.2, -0.15) is 0 Å². The van der Waals surface area contributed by atoms with Crippen LogP contribution in [0.1, 0.15) is 15.9 Å². The van der Waals surface area contributed by atoms with Crippen molar-refractivity contribution in [1.82, 2.24) is 0 Å². The smallest absolute Gasteiger partial charge is 0.335 e. The van der Waals surface area contributed by atoms with Gasteiger partial charge in [0.25, 0.3) is 0 Å². The van der Waals surface area contributed by atoms with Gasteiger partial charge in [-0.1, -0.05) is 66.7 Å². The van der Waals surface area contributed by atoms with Gasteiger partial charge in [0.05, 0.1) is 5.56 Å². The van der Waals surface area contributed by atoms with E-state index in [1.165, 1.54) is 0 Å². The molecular formula is C20H16O2. The van der Waals surface area contributed by atoms with Gasteiger partial charge in [0.1, 0.15) is 0 Å². The molecule has 0 bridgehead atoms. The van der Waals surface area contributed by atoms with Crippen molar-refractivity contribution in [2.75, 3.05) is 0 Å². The second-order valence-electron chi connectivity index (χ2n) is 5.25. The van der Waals surface area contributed by atoms with E-state index in [0.29, 0.717) is 5.56 Å². The number of hydrogen-bond donors (Lipinski definition) is 1. The van der Waals surface area contributed by atoms with Gasteiger partial charge < -0.3 is 5.11 Å². The highest BCUT2D eigenvalue weighted by Gasteiger charge is 2.11. The largest absolute Gasteiger partial charge is 0.478 e. The van der Waals surface area contributed by atoms with Crippen molar-refractivity contribution in [2.24, 2.45) is 0 Å². The summed E-state index contributed by atoms with van der Waals surface area (Å²) >= 11 is 0. The van der Waals surface area contributed by atoms with Crippen LogP contribution in [0.15, 0.2) is 72.8 Å². The molecule has 3 aromatic carbocycles. The SMILES string of the molecule is Cc1ccc(-c2ccccc2-c2ccccc2)cc1C(=O)O. The molecule has 0 spiro atoms. The highest BCUT2D eigenvalue weighted by atomic mass is 16.4. The lowest BCUT2D eigenvalue weighted by Crippen LogP contribution is -2.00. The Balaban J connectivity index is 2.18. The summed E-state index contributed by atoms with van der Waals surface area (Å²) < 4.78 is 0. The van der Waals surface area contributed by atoms with Crippen LogP contribution in [-0.4, -0.2) is 11.1 Å². The number of aryl methyl sites for hydroxylation is 1. The number of aromatic carboxylic acids is 1. The molecule has 0 heterocycles. The van der Waals surface area contributed by atoms with Gasteiger partial charge >= 0.3 is 5.97 Å². The predicted octanol–water partition coefficient (Wildman–Crippen LogP) is 5.03. The third kappa shape index (κ3) is 2.63. The molecule has 108 valence electrons. The van der Waals surface area contributed by atoms with Crippen molar-refractivity contribution in [3.63, 3.8) is 0 Å². The summed E-state index contributed by atoms with van der Waals surface area (Å²) in [6.45, 7) is 1.82. The Morgan fingerprint density at radius 1 is 0.773 bits per heavy atom. The second-order valence-corrected chi connectivity index (χ2v) is 5.25. The van der Waals surface area contributed by atoms with Crippen molar-refractivity contribution < 1.29 is 9.90 Å². The highest BCUT2D eigenvalue weighted by molar-refractivity contribution is 5.92. The molecule has 0 atom stereocenters. The first-order valence-electron chi connectivity index (χ1n) is 7.15. The minimum absolute atomic E-state index is 0.348. The summed E-state index contributed by atoms with van der Waals surface area (Å²) in [4.78, 5) is 11.4. The van der Waals surface area contributed by atoms with E-state index in [9.17, 15) is 9.90 Å². The van der Waals surface area contributed by atoms with Crippen molar-refractivity contribution in [1.29, 1.82) is 0 Å². The Morgan fingerprint density at radius 2 is 1.36 bits per heavy atom. The molecule has 0 amide bonds. The molecule has 0 fully saturated rings. The Labute approximate surface area is 129 Å². The fraction of sp³-hybridized carbons (Fsp3) is 0.0500. The lowest BCUT2D eigenvalue weighted by molar-refractivity contribution is 0.0696. The van der Waals surface area contributed by atoms with Crippen LogP contribution in [-0.2, 0) is 0 Å². The quantitative estimate of drug-likeness (QED) is 0.734. The first-order chi connectivity index (χ1) is 10.7. The Kier molecular flexibility index (Phi) is 3.75. The van der Waals surface area contributed by atoms with Crippen LogP contribution in [0.25, 0.3) is 22.3 Å². The maximum atomic E-state index is 11.4. The van der Waals surface area contributed by atoms with E-state index in [-0.39, 0.29) is 0 Å². The first kappa shape index (κ1) is 14.1. The minimum atomic E-state index is -0.892. The summed E-state index contributed by atoms with van der Waals surface area (Å²) in [5.41, 5.74) is 5.30. The van der Waals surface area contributed by atoms with Gasteiger partial charge in [-0.15, -0.1) is 0 Å². The van der Waals surface area contributed by atoms with Crippen LogP contribution < -0.4 is 0 Å². The van der Waals surface area contributed by atoms with Crippen molar-refractivity contribution >= 4 is 5.97 Å². The maximum absolute atomic E-state index is 11.4. The van der Waals surface area contributed by atoms with Gasteiger partial charge in [-0.3, -0.25) is 0 Å². The molecule has 0 aliphatic carbocycles. The van der Waals surface area contributed by atoms with E-state index in [1.54, 1.807) is 6.07 Å². The van der Waals surface area contributed by atoms with E-state index in [1.807, 2.05) is 55.5 Å². The molecule has 3 aromatic rings. The van der Waals surface area contributed by atoms with Crippen LogP contribution in [0.4, 0.5) is 0 Å². The van der Waals surface area contributed by atoms with Crippen molar-refractivity contribution in [3.8, 4) is 22.3 Å². The first-order valence-corrected chi connectivity index (χ1v) is 7.15. The summed E-state index contributed by atoms with van der Waals surface area (Å²) in [5.74, 6) is -0.892. The van der Waals surface area contributed by atoms with E-state index >= 15 is 0 Å². The zero-order valence-corrected chi connectivity index (χ0v) is 12.3. The molecular weight excluding hydrogens is 272 g/mol. The molecule has 3 rings (SSSR count).